The Morgan fingerprint density at radius 2 is 1.95 bits per heavy atom. The van der Waals surface area contributed by atoms with Crippen molar-refractivity contribution in [1.29, 1.82) is 5.26 Å². The number of hydrogen-bond acceptors (Lipinski definition) is 4. The molecule has 20 heavy (non-hydrogen) atoms. The van der Waals surface area contributed by atoms with Crippen LogP contribution in [0.25, 0.3) is 0 Å². The summed E-state index contributed by atoms with van der Waals surface area (Å²) in [4.78, 5) is 11.6. The van der Waals surface area contributed by atoms with Crippen LogP contribution in [0.4, 0.5) is 0 Å². The van der Waals surface area contributed by atoms with Crippen molar-refractivity contribution in [2.24, 2.45) is 0 Å². The quantitative estimate of drug-likeness (QED) is 0.827. The predicted octanol–water partition coefficient (Wildman–Crippen LogP) is 1.59. The fraction of sp³-hybridized carbons (Fsp3) is 0.467. The summed E-state index contributed by atoms with van der Waals surface area (Å²) in [5.74, 6) is 0.646. The number of carbonyl (C=O) groups is 1. The number of rotatable bonds is 6. The summed E-state index contributed by atoms with van der Waals surface area (Å²) < 4.78 is 5.16. The number of ether oxygens (including phenoxy) is 1. The molecule has 0 fully saturated rings. The number of nitriles is 1. The molecule has 0 heterocycles. The van der Waals surface area contributed by atoms with Gasteiger partial charge >= 0.3 is 0 Å². The Bertz CT molecular complexity index is 469. The molecule has 0 atom stereocenters. The molecule has 0 aliphatic rings. The van der Waals surface area contributed by atoms with Gasteiger partial charge in [0, 0.05) is 12.1 Å². The van der Waals surface area contributed by atoms with Crippen molar-refractivity contribution in [3.8, 4) is 11.8 Å². The van der Waals surface area contributed by atoms with Crippen molar-refractivity contribution >= 4 is 5.91 Å². The molecule has 0 bridgehead atoms. The van der Waals surface area contributed by atoms with Crippen LogP contribution in [0, 0.1) is 11.3 Å². The van der Waals surface area contributed by atoms with Gasteiger partial charge in [0.2, 0.25) is 5.91 Å². The van der Waals surface area contributed by atoms with Gasteiger partial charge in [0.1, 0.15) is 11.8 Å². The van der Waals surface area contributed by atoms with Gasteiger partial charge in [-0.1, -0.05) is 12.1 Å². The third kappa shape index (κ3) is 6.76. The van der Waals surface area contributed by atoms with Crippen molar-refractivity contribution in [3.05, 3.63) is 29.8 Å². The number of amides is 1. The molecule has 0 aliphatic heterocycles. The van der Waals surface area contributed by atoms with E-state index >= 15 is 0 Å². The van der Waals surface area contributed by atoms with Crippen LogP contribution in [0.15, 0.2) is 24.3 Å². The Kier molecular flexibility index (Phi) is 6.01. The second kappa shape index (κ2) is 7.51. The minimum atomic E-state index is -0.210. The Balaban J connectivity index is 2.32. The van der Waals surface area contributed by atoms with Gasteiger partial charge < -0.3 is 15.4 Å². The fourth-order valence-corrected chi connectivity index (χ4v) is 1.60. The smallest absolute Gasteiger partial charge is 0.234 e. The summed E-state index contributed by atoms with van der Waals surface area (Å²) in [5.41, 5.74) is 0.844. The Hall–Kier alpha value is -2.06. The lowest BCUT2D eigenvalue weighted by molar-refractivity contribution is -0.121. The van der Waals surface area contributed by atoms with Gasteiger partial charge in [-0.3, -0.25) is 4.79 Å². The third-order valence-corrected chi connectivity index (χ3v) is 2.36. The van der Waals surface area contributed by atoms with E-state index in [1.807, 2.05) is 51.1 Å². The fourth-order valence-electron chi connectivity index (χ4n) is 1.60. The zero-order chi connectivity index (χ0) is 15.0. The molecule has 0 saturated carbocycles. The highest BCUT2D eigenvalue weighted by Crippen LogP contribution is 2.11. The minimum absolute atomic E-state index is 0.0218. The zero-order valence-corrected chi connectivity index (χ0v) is 12.2. The molecule has 108 valence electrons. The first-order chi connectivity index (χ1) is 9.40. The third-order valence-electron chi connectivity index (χ3n) is 2.36. The second-order valence-corrected chi connectivity index (χ2v) is 5.49. The molecule has 1 rings (SSSR count). The Morgan fingerprint density at radius 1 is 1.30 bits per heavy atom. The van der Waals surface area contributed by atoms with Crippen LogP contribution in [-0.4, -0.2) is 24.6 Å². The van der Waals surface area contributed by atoms with E-state index in [4.69, 9.17) is 10.00 Å². The lowest BCUT2D eigenvalue weighted by atomic mass is 10.1. The number of carbonyl (C=O) groups excluding carboxylic acids is 1. The molecule has 1 amide bonds. The highest BCUT2D eigenvalue weighted by atomic mass is 16.5. The summed E-state index contributed by atoms with van der Waals surface area (Å²) in [6.07, 6.45) is 0. The average Bonchev–Trinajstić information content (AvgIpc) is 2.35. The van der Waals surface area contributed by atoms with Gasteiger partial charge in [0.05, 0.1) is 6.54 Å². The van der Waals surface area contributed by atoms with Crippen LogP contribution in [0.1, 0.15) is 26.3 Å². The standard InChI is InChI=1S/C15H21N3O2/c1-15(2,3)18-14(19)11-17-10-12-4-6-13(7-5-12)20-9-8-16/h4-7,17H,9-11H2,1-3H3,(H,18,19). The summed E-state index contributed by atoms with van der Waals surface area (Å²) in [5, 5.41) is 14.4. The lowest BCUT2D eigenvalue weighted by Crippen LogP contribution is -2.44. The maximum absolute atomic E-state index is 11.6. The van der Waals surface area contributed by atoms with Gasteiger partial charge in [-0.2, -0.15) is 5.26 Å². The maximum atomic E-state index is 11.6. The minimum Gasteiger partial charge on any atom is -0.479 e. The molecule has 0 radical (unpaired) electrons. The summed E-state index contributed by atoms with van der Waals surface area (Å²) in [6, 6.07) is 9.34. The first-order valence-corrected chi connectivity index (χ1v) is 6.51. The molecule has 0 unspecified atom stereocenters. The molecule has 2 N–H and O–H groups in total. The second-order valence-electron chi connectivity index (χ2n) is 5.49. The van der Waals surface area contributed by atoms with E-state index in [9.17, 15) is 4.79 Å². The van der Waals surface area contributed by atoms with Gasteiger partial charge in [0.25, 0.3) is 0 Å². The summed E-state index contributed by atoms with van der Waals surface area (Å²) in [6.45, 7) is 6.78. The molecule has 0 saturated heterocycles. The molecular formula is C15H21N3O2. The maximum Gasteiger partial charge on any atom is 0.234 e. The van der Waals surface area contributed by atoms with E-state index in [1.54, 1.807) is 0 Å². The molecule has 1 aromatic rings. The van der Waals surface area contributed by atoms with E-state index in [1.165, 1.54) is 0 Å². The van der Waals surface area contributed by atoms with Gasteiger partial charge in [-0.15, -0.1) is 0 Å². The van der Waals surface area contributed by atoms with Crippen LogP contribution < -0.4 is 15.4 Å². The van der Waals surface area contributed by atoms with E-state index in [-0.39, 0.29) is 24.6 Å². The molecule has 5 nitrogen and oxygen atoms in total. The summed E-state index contributed by atoms with van der Waals surface area (Å²) in [7, 11) is 0. The van der Waals surface area contributed by atoms with Gasteiger partial charge in [-0.25, -0.2) is 0 Å². The SMILES string of the molecule is CC(C)(C)NC(=O)CNCc1ccc(OCC#N)cc1. The van der Waals surface area contributed by atoms with E-state index in [0.717, 1.165) is 5.56 Å². The van der Waals surface area contributed by atoms with Gasteiger partial charge in [-0.05, 0) is 38.5 Å². The normalized spacial score (nSPS) is 10.7. The number of nitrogens with zero attached hydrogens (tertiary/aromatic N) is 1. The average molecular weight is 275 g/mol. The van der Waals surface area contributed by atoms with E-state index in [2.05, 4.69) is 10.6 Å². The number of hydrogen-bond donors (Lipinski definition) is 2. The Labute approximate surface area is 119 Å². The van der Waals surface area contributed by atoms with Crippen molar-refractivity contribution in [1.82, 2.24) is 10.6 Å². The van der Waals surface area contributed by atoms with Crippen LogP contribution in [-0.2, 0) is 11.3 Å². The van der Waals surface area contributed by atoms with Gasteiger partial charge in [0.15, 0.2) is 6.61 Å². The van der Waals surface area contributed by atoms with Crippen molar-refractivity contribution in [2.75, 3.05) is 13.2 Å². The Morgan fingerprint density at radius 3 is 2.50 bits per heavy atom. The molecule has 5 heteroatoms. The van der Waals surface area contributed by atoms with Crippen LogP contribution in [0.2, 0.25) is 0 Å². The highest BCUT2D eigenvalue weighted by Gasteiger charge is 2.12. The van der Waals surface area contributed by atoms with Crippen LogP contribution >= 0.6 is 0 Å². The molecule has 0 spiro atoms. The molecule has 0 aromatic heterocycles. The molecular weight excluding hydrogens is 254 g/mol. The van der Waals surface area contributed by atoms with Crippen molar-refractivity contribution < 1.29 is 9.53 Å². The van der Waals surface area contributed by atoms with Crippen LogP contribution in [0.5, 0.6) is 5.75 Å². The predicted molar refractivity (Wildman–Crippen MR) is 77.2 cm³/mol. The highest BCUT2D eigenvalue weighted by molar-refractivity contribution is 5.78. The van der Waals surface area contributed by atoms with E-state index in [0.29, 0.717) is 12.3 Å². The summed E-state index contributed by atoms with van der Waals surface area (Å²) >= 11 is 0. The first kappa shape index (κ1) is 16.0. The van der Waals surface area contributed by atoms with Crippen molar-refractivity contribution in [3.63, 3.8) is 0 Å². The zero-order valence-electron chi connectivity index (χ0n) is 12.2. The number of benzene rings is 1. The lowest BCUT2D eigenvalue weighted by Gasteiger charge is -2.20. The first-order valence-electron chi connectivity index (χ1n) is 6.51. The van der Waals surface area contributed by atoms with Crippen molar-refractivity contribution in [2.45, 2.75) is 32.9 Å². The largest absolute Gasteiger partial charge is 0.479 e. The monoisotopic (exact) mass is 275 g/mol. The van der Waals surface area contributed by atoms with Crippen LogP contribution in [0.3, 0.4) is 0 Å². The molecule has 0 aliphatic carbocycles. The van der Waals surface area contributed by atoms with E-state index < -0.39 is 0 Å². The number of nitrogens with one attached hydrogen (secondary N) is 2. The topological polar surface area (TPSA) is 74.2 Å². The molecule has 1 aromatic carbocycles.